The lowest BCUT2D eigenvalue weighted by atomic mass is 9.88. The van der Waals surface area contributed by atoms with Crippen LogP contribution in [0.25, 0.3) is 0 Å². The van der Waals surface area contributed by atoms with E-state index >= 15 is 0 Å². The van der Waals surface area contributed by atoms with E-state index in [2.05, 4.69) is 59.3 Å². The van der Waals surface area contributed by atoms with Crippen LogP contribution in [-0.4, -0.2) is 48.5 Å². The molecule has 6 heteroatoms. The van der Waals surface area contributed by atoms with Crippen LogP contribution < -0.4 is 15.8 Å². The number of aromatic amines is 1. The number of allylic oxidation sites excluding steroid dienone is 2. The van der Waals surface area contributed by atoms with Gasteiger partial charge < -0.3 is 20.1 Å². The van der Waals surface area contributed by atoms with Crippen LogP contribution in [0.5, 0.6) is 0 Å². The molecule has 188 valence electrons. The smallest absolute Gasteiger partial charge is 0.253 e. The van der Waals surface area contributed by atoms with Gasteiger partial charge in [-0.2, -0.15) is 0 Å². The van der Waals surface area contributed by atoms with Crippen molar-refractivity contribution in [3.8, 4) is 0 Å². The number of carbonyl (C=O) groups is 1. The molecule has 1 aromatic carbocycles. The molecular weight excluding hydrogens is 436 g/mol. The highest BCUT2D eigenvalue weighted by Gasteiger charge is 2.28. The van der Waals surface area contributed by atoms with E-state index < -0.39 is 0 Å². The number of hydrogen-bond donors (Lipinski definition) is 2. The van der Waals surface area contributed by atoms with Crippen LogP contribution in [0.1, 0.15) is 71.8 Å². The molecule has 4 rings (SSSR count). The predicted octanol–water partition coefficient (Wildman–Crippen LogP) is 4.36. The highest BCUT2D eigenvalue weighted by Crippen LogP contribution is 2.33. The molecule has 2 aromatic rings. The molecule has 2 N–H and O–H groups in total. The first-order valence-electron chi connectivity index (χ1n) is 13.1. The van der Waals surface area contributed by atoms with Crippen LogP contribution in [0.2, 0.25) is 0 Å². The van der Waals surface area contributed by atoms with E-state index in [1.165, 1.54) is 31.4 Å². The minimum Gasteiger partial charge on any atom is -0.369 e. The van der Waals surface area contributed by atoms with Gasteiger partial charge in [-0.25, -0.2) is 0 Å². The Morgan fingerprint density at radius 1 is 1.00 bits per heavy atom. The number of pyridine rings is 1. The molecular formula is C29H40N4O2. The summed E-state index contributed by atoms with van der Waals surface area (Å²) >= 11 is 0. The molecule has 1 aliphatic carbocycles. The lowest BCUT2D eigenvalue weighted by Crippen LogP contribution is -2.42. The maximum atomic E-state index is 13.4. The third-order valence-electron chi connectivity index (χ3n) is 7.74. The highest BCUT2D eigenvalue weighted by molar-refractivity contribution is 5.97. The molecule has 0 unspecified atom stereocenters. The Morgan fingerprint density at radius 2 is 1.74 bits per heavy atom. The first kappa shape index (κ1) is 25.2. The van der Waals surface area contributed by atoms with E-state index in [1.807, 2.05) is 25.1 Å². The topological polar surface area (TPSA) is 68.4 Å². The Bertz CT molecular complexity index is 1130. The van der Waals surface area contributed by atoms with Crippen molar-refractivity contribution in [3.63, 3.8) is 0 Å². The molecule has 2 aliphatic rings. The summed E-state index contributed by atoms with van der Waals surface area (Å²) in [7, 11) is 4.36. The number of nitrogens with zero attached hydrogens (tertiary/aromatic N) is 2. The predicted molar refractivity (Wildman–Crippen MR) is 143 cm³/mol. The number of benzene rings is 1. The zero-order chi connectivity index (χ0) is 24.9. The minimum absolute atomic E-state index is 0.110. The van der Waals surface area contributed by atoms with Crippen molar-refractivity contribution in [3.05, 3.63) is 74.7 Å². The van der Waals surface area contributed by atoms with Crippen molar-refractivity contribution in [2.24, 2.45) is 0 Å². The van der Waals surface area contributed by atoms with Crippen molar-refractivity contribution < 1.29 is 4.79 Å². The molecule has 1 fully saturated rings. The van der Waals surface area contributed by atoms with E-state index in [9.17, 15) is 9.59 Å². The van der Waals surface area contributed by atoms with Crippen molar-refractivity contribution >= 4 is 11.6 Å². The molecule has 0 atom stereocenters. The number of carbonyl (C=O) groups excluding carboxylic acids is 1. The number of rotatable bonds is 4. The summed E-state index contributed by atoms with van der Waals surface area (Å²) in [5.41, 5.74) is 5.37. The normalized spacial score (nSPS) is 21.8. The zero-order valence-electron chi connectivity index (χ0n) is 21.7. The van der Waals surface area contributed by atoms with Gasteiger partial charge in [-0.05, 0) is 102 Å². The van der Waals surface area contributed by atoms with Crippen LogP contribution in [0.4, 0.5) is 5.69 Å². The highest BCUT2D eigenvalue weighted by atomic mass is 16.1. The summed E-state index contributed by atoms with van der Waals surface area (Å²) in [4.78, 5) is 33.8. The van der Waals surface area contributed by atoms with Gasteiger partial charge in [-0.3, -0.25) is 9.59 Å². The number of amides is 1. The van der Waals surface area contributed by atoms with E-state index in [-0.39, 0.29) is 18.0 Å². The van der Waals surface area contributed by atoms with Gasteiger partial charge in [0, 0.05) is 47.7 Å². The number of anilines is 1. The Balaban J connectivity index is 1.64. The number of aryl methyl sites for hydroxylation is 2. The second-order valence-electron chi connectivity index (χ2n) is 10.2. The van der Waals surface area contributed by atoms with Gasteiger partial charge in [0.25, 0.3) is 11.5 Å². The lowest BCUT2D eigenvalue weighted by molar-refractivity contribution is 0.0950. The van der Waals surface area contributed by atoms with Crippen LogP contribution in [0.15, 0.2) is 41.2 Å². The fourth-order valence-electron chi connectivity index (χ4n) is 5.81. The van der Waals surface area contributed by atoms with E-state index in [4.69, 9.17) is 0 Å². The molecule has 2 heterocycles. The standard InChI is InChI=1S/C29H40N4O2/c1-5-33(23-16-14-22(15-17-23)32(3)4)27-13-9-12-25-24(27)11-8-6-7-10-21-18-20(2)31-29(35)26(21)19-30-28(25)34/h6,8-9,12-13,18,22-23H,5,7,10-11,14-17,19H2,1-4H3,(H,30,34)(H,31,35)/b8-6+/t22-,23+. The molecule has 1 aromatic heterocycles. The number of aromatic nitrogens is 1. The third kappa shape index (κ3) is 5.69. The second kappa shape index (κ2) is 11.3. The Hall–Kier alpha value is -2.86. The fourth-order valence-corrected chi connectivity index (χ4v) is 5.81. The SMILES string of the molecule is CCN(c1cccc2c1C/C=C/CCc1cc(C)[nH]c(=O)c1CNC2=O)[C@H]1CC[C@@H](N(C)C)CC1. The summed E-state index contributed by atoms with van der Waals surface area (Å²) in [6.07, 6.45) is 11.5. The number of hydrogen-bond acceptors (Lipinski definition) is 4. The molecule has 0 spiro atoms. The summed E-state index contributed by atoms with van der Waals surface area (Å²) in [6, 6.07) is 9.27. The van der Waals surface area contributed by atoms with Crippen LogP contribution in [-0.2, 0) is 19.4 Å². The first-order valence-corrected chi connectivity index (χ1v) is 13.1. The molecule has 1 amide bonds. The maximum Gasteiger partial charge on any atom is 0.253 e. The van der Waals surface area contributed by atoms with Crippen molar-refractivity contribution in [1.29, 1.82) is 0 Å². The molecule has 35 heavy (non-hydrogen) atoms. The maximum absolute atomic E-state index is 13.4. The number of fused-ring (bicyclic) bond motifs is 2. The van der Waals surface area contributed by atoms with Crippen molar-refractivity contribution in [2.45, 2.75) is 77.4 Å². The van der Waals surface area contributed by atoms with Gasteiger partial charge in [0.2, 0.25) is 0 Å². The Morgan fingerprint density at radius 3 is 2.46 bits per heavy atom. The largest absolute Gasteiger partial charge is 0.369 e. The average Bonchev–Trinajstić information content (AvgIpc) is 2.83. The number of nitrogens with one attached hydrogen (secondary N) is 2. The van der Waals surface area contributed by atoms with Crippen LogP contribution in [0, 0.1) is 6.92 Å². The van der Waals surface area contributed by atoms with Gasteiger partial charge in [-0.15, -0.1) is 0 Å². The molecule has 6 nitrogen and oxygen atoms in total. The van der Waals surface area contributed by atoms with E-state index in [1.54, 1.807) is 0 Å². The minimum atomic E-state index is -0.117. The van der Waals surface area contributed by atoms with Crippen LogP contribution >= 0.6 is 0 Å². The number of H-pyrrole nitrogens is 1. The molecule has 0 bridgehead atoms. The van der Waals surface area contributed by atoms with Gasteiger partial charge >= 0.3 is 0 Å². The Labute approximate surface area is 209 Å². The molecule has 0 saturated heterocycles. The van der Waals surface area contributed by atoms with Gasteiger partial charge in [0.05, 0.1) is 0 Å². The lowest BCUT2D eigenvalue weighted by Gasteiger charge is -2.40. The van der Waals surface area contributed by atoms with Crippen LogP contribution in [0.3, 0.4) is 0 Å². The summed E-state index contributed by atoms with van der Waals surface area (Å²) < 4.78 is 0. The third-order valence-corrected chi connectivity index (χ3v) is 7.74. The average molecular weight is 477 g/mol. The van der Waals surface area contributed by atoms with Gasteiger partial charge in [0.15, 0.2) is 0 Å². The van der Waals surface area contributed by atoms with Gasteiger partial charge in [-0.1, -0.05) is 18.2 Å². The van der Waals surface area contributed by atoms with Gasteiger partial charge in [0.1, 0.15) is 0 Å². The molecule has 1 saturated carbocycles. The second-order valence-corrected chi connectivity index (χ2v) is 10.2. The zero-order valence-corrected chi connectivity index (χ0v) is 21.7. The Kier molecular flexibility index (Phi) is 8.11. The summed E-state index contributed by atoms with van der Waals surface area (Å²) in [5.74, 6) is -0.117. The molecule has 1 aliphatic heterocycles. The quantitative estimate of drug-likeness (QED) is 0.644. The van der Waals surface area contributed by atoms with E-state index in [0.717, 1.165) is 42.6 Å². The summed E-state index contributed by atoms with van der Waals surface area (Å²) in [6.45, 7) is 5.27. The first-order chi connectivity index (χ1) is 16.9. The summed E-state index contributed by atoms with van der Waals surface area (Å²) in [5, 5.41) is 3.05. The monoisotopic (exact) mass is 476 g/mol. The molecule has 0 radical (unpaired) electrons. The van der Waals surface area contributed by atoms with Crippen molar-refractivity contribution in [1.82, 2.24) is 15.2 Å². The fraction of sp³-hybridized carbons (Fsp3) is 0.517. The van der Waals surface area contributed by atoms with E-state index in [0.29, 0.717) is 23.2 Å². The van der Waals surface area contributed by atoms with Crippen molar-refractivity contribution in [2.75, 3.05) is 25.5 Å².